The second-order valence-electron chi connectivity index (χ2n) is 3.19. The van der Waals surface area contributed by atoms with Crippen molar-refractivity contribution in [3.05, 3.63) is 52.8 Å². The third-order valence-corrected chi connectivity index (χ3v) is 2.18. The van der Waals surface area contributed by atoms with E-state index < -0.39 is 0 Å². The molecule has 0 saturated heterocycles. The number of nitrogens with zero attached hydrogens (tertiary/aromatic N) is 2. The predicted molar refractivity (Wildman–Crippen MR) is 58.0 cm³/mol. The molecule has 3 nitrogen and oxygen atoms in total. The molecule has 0 aliphatic carbocycles. The van der Waals surface area contributed by atoms with Gasteiger partial charge in [-0.05, 0) is 29.8 Å². The molecule has 1 N–H and O–H groups in total. The van der Waals surface area contributed by atoms with Crippen molar-refractivity contribution in [3.8, 4) is 5.75 Å². The van der Waals surface area contributed by atoms with Crippen molar-refractivity contribution in [3.63, 3.8) is 0 Å². The van der Waals surface area contributed by atoms with Crippen LogP contribution in [0.2, 0.25) is 5.15 Å². The summed E-state index contributed by atoms with van der Waals surface area (Å²) in [7, 11) is 0. The lowest BCUT2D eigenvalue weighted by atomic mass is 10.1. The molecule has 0 atom stereocenters. The number of benzene rings is 1. The number of hydrogen-bond acceptors (Lipinski definition) is 3. The summed E-state index contributed by atoms with van der Waals surface area (Å²) in [4.78, 5) is 0. The first kappa shape index (κ1) is 9.93. The van der Waals surface area contributed by atoms with Crippen molar-refractivity contribution < 1.29 is 5.11 Å². The van der Waals surface area contributed by atoms with Gasteiger partial charge in [-0.15, -0.1) is 5.10 Å². The highest BCUT2D eigenvalue weighted by molar-refractivity contribution is 6.29. The van der Waals surface area contributed by atoms with Gasteiger partial charge >= 0.3 is 0 Å². The van der Waals surface area contributed by atoms with E-state index in [1.54, 1.807) is 24.3 Å². The molecule has 0 aliphatic heterocycles. The zero-order valence-corrected chi connectivity index (χ0v) is 8.65. The summed E-state index contributed by atoms with van der Waals surface area (Å²) in [5.41, 5.74) is 1.82. The molecule has 1 aromatic heterocycles. The third-order valence-electron chi connectivity index (χ3n) is 1.98. The monoisotopic (exact) mass is 220 g/mol. The minimum Gasteiger partial charge on any atom is -0.508 e. The Kier molecular flexibility index (Phi) is 2.83. The molecule has 0 aliphatic rings. The number of hydrogen-bond donors (Lipinski definition) is 1. The minimum atomic E-state index is 0.259. The van der Waals surface area contributed by atoms with E-state index in [9.17, 15) is 5.11 Å². The lowest BCUT2D eigenvalue weighted by Gasteiger charge is -2.00. The molecule has 0 spiro atoms. The van der Waals surface area contributed by atoms with Crippen LogP contribution in [-0.2, 0) is 6.42 Å². The highest BCUT2D eigenvalue weighted by Gasteiger charge is 1.99. The maximum atomic E-state index is 9.28. The van der Waals surface area contributed by atoms with Crippen LogP contribution in [0.15, 0.2) is 36.4 Å². The Morgan fingerprint density at radius 1 is 1.13 bits per heavy atom. The molecule has 4 heteroatoms. The molecule has 2 aromatic rings. The molecular formula is C11H9ClN2O. The summed E-state index contributed by atoms with van der Waals surface area (Å²) in [6.07, 6.45) is 0.637. The van der Waals surface area contributed by atoms with E-state index in [0.29, 0.717) is 11.6 Å². The van der Waals surface area contributed by atoms with Gasteiger partial charge in [-0.25, -0.2) is 0 Å². The van der Waals surface area contributed by atoms with Crippen LogP contribution < -0.4 is 0 Å². The van der Waals surface area contributed by atoms with Crippen LogP contribution in [0.3, 0.4) is 0 Å². The van der Waals surface area contributed by atoms with Crippen LogP contribution in [0, 0.1) is 0 Å². The van der Waals surface area contributed by atoms with Gasteiger partial charge in [0.1, 0.15) is 5.75 Å². The summed E-state index contributed by atoms with van der Waals surface area (Å²) >= 11 is 5.63. The fourth-order valence-electron chi connectivity index (χ4n) is 1.31. The maximum absolute atomic E-state index is 9.28. The van der Waals surface area contributed by atoms with E-state index in [0.717, 1.165) is 11.3 Å². The molecule has 0 amide bonds. The molecule has 1 aromatic carbocycles. The Balaban J connectivity index is 2.18. The van der Waals surface area contributed by atoms with Crippen LogP contribution in [-0.4, -0.2) is 15.3 Å². The third kappa shape index (κ3) is 2.67. The highest BCUT2D eigenvalue weighted by Crippen LogP contribution is 2.14. The van der Waals surface area contributed by atoms with Crippen molar-refractivity contribution >= 4 is 11.6 Å². The Labute approximate surface area is 92.4 Å². The number of aromatic hydroxyl groups is 1. The Bertz CT molecular complexity index is 456. The molecule has 15 heavy (non-hydrogen) atoms. The average molecular weight is 221 g/mol. The SMILES string of the molecule is Oc1cccc(Cc2ccc(Cl)nn2)c1. The van der Waals surface area contributed by atoms with Crippen molar-refractivity contribution in [2.75, 3.05) is 0 Å². The van der Waals surface area contributed by atoms with Gasteiger partial charge in [-0.1, -0.05) is 23.7 Å². The first-order valence-electron chi connectivity index (χ1n) is 4.50. The molecule has 0 fully saturated rings. The van der Waals surface area contributed by atoms with E-state index in [-0.39, 0.29) is 5.75 Å². The van der Waals surface area contributed by atoms with Crippen LogP contribution in [0.1, 0.15) is 11.3 Å². The number of phenols is 1. The highest BCUT2D eigenvalue weighted by atomic mass is 35.5. The first-order valence-corrected chi connectivity index (χ1v) is 4.88. The van der Waals surface area contributed by atoms with Gasteiger partial charge < -0.3 is 5.11 Å². The summed E-state index contributed by atoms with van der Waals surface area (Å²) < 4.78 is 0. The maximum Gasteiger partial charge on any atom is 0.151 e. The molecule has 2 rings (SSSR count). The number of halogens is 1. The Morgan fingerprint density at radius 2 is 2.00 bits per heavy atom. The van der Waals surface area contributed by atoms with Gasteiger partial charge in [-0.3, -0.25) is 0 Å². The summed E-state index contributed by atoms with van der Waals surface area (Å²) in [6, 6.07) is 10.6. The van der Waals surface area contributed by atoms with Crippen LogP contribution >= 0.6 is 11.6 Å². The lowest BCUT2D eigenvalue weighted by molar-refractivity contribution is 0.474. The molecule has 0 radical (unpaired) electrons. The summed E-state index contributed by atoms with van der Waals surface area (Å²) in [6.45, 7) is 0. The molecule has 76 valence electrons. The van der Waals surface area contributed by atoms with E-state index in [1.807, 2.05) is 12.1 Å². The van der Waals surface area contributed by atoms with E-state index >= 15 is 0 Å². The Morgan fingerprint density at radius 3 is 2.67 bits per heavy atom. The second kappa shape index (κ2) is 4.28. The summed E-state index contributed by atoms with van der Waals surface area (Å²) in [5.74, 6) is 0.259. The zero-order chi connectivity index (χ0) is 10.7. The molecule has 0 bridgehead atoms. The van der Waals surface area contributed by atoms with Gasteiger partial charge in [0.25, 0.3) is 0 Å². The van der Waals surface area contributed by atoms with Crippen molar-refractivity contribution in [1.82, 2.24) is 10.2 Å². The van der Waals surface area contributed by atoms with Crippen LogP contribution in [0.5, 0.6) is 5.75 Å². The van der Waals surface area contributed by atoms with Gasteiger partial charge in [0, 0.05) is 6.42 Å². The van der Waals surface area contributed by atoms with E-state index in [2.05, 4.69) is 10.2 Å². The number of aromatic nitrogens is 2. The summed E-state index contributed by atoms with van der Waals surface area (Å²) in [5, 5.41) is 17.4. The number of rotatable bonds is 2. The topological polar surface area (TPSA) is 46.0 Å². The smallest absolute Gasteiger partial charge is 0.151 e. The second-order valence-corrected chi connectivity index (χ2v) is 3.58. The predicted octanol–water partition coefficient (Wildman–Crippen LogP) is 2.43. The molecule has 0 unspecified atom stereocenters. The minimum absolute atomic E-state index is 0.259. The molecule has 0 saturated carbocycles. The largest absolute Gasteiger partial charge is 0.508 e. The van der Waals surface area contributed by atoms with Crippen molar-refractivity contribution in [2.24, 2.45) is 0 Å². The normalized spacial score (nSPS) is 10.2. The zero-order valence-electron chi connectivity index (χ0n) is 7.89. The van der Waals surface area contributed by atoms with Gasteiger partial charge in [-0.2, -0.15) is 5.10 Å². The fraction of sp³-hybridized carbons (Fsp3) is 0.0909. The molecular weight excluding hydrogens is 212 g/mol. The van der Waals surface area contributed by atoms with Crippen LogP contribution in [0.4, 0.5) is 0 Å². The standard InChI is InChI=1S/C11H9ClN2O/c12-11-5-4-9(13-14-11)6-8-2-1-3-10(15)7-8/h1-5,7,15H,6H2. The Hall–Kier alpha value is -1.61. The first-order chi connectivity index (χ1) is 7.24. The average Bonchev–Trinajstić information content (AvgIpc) is 2.22. The van der Waals surface area contributed by atoms with Crippen LogP contribution in [0.25, 0.3) is 0 Å². The van der Waals surface area contributed by atoms with E-state index in [1.165, 1.54) is 0 Å². The quantitative estimate of drug-likeness (QED) is 0.846. The molecule has 1 heterocycles. The van der Waals surface area contributed by atoms with Crippen molar-refractivity contribution in [2.45, 2.75) is 6.42 Å². The van der Waals surface area contributed by atoms with Gasteiger partial charge in [0.05, 0.1) is 5.69 Å². The van der Waals surface area contributed by atoms with Gasteiger partial charge in [0.2, 0.25) is 0 Å². The van der Waals surface area contributed by atoms with E-state index in [4.69, 9.17) is 11.6 Å². The fourth-order valence-corrected chi connectivity index (χ4v) is 1.41. The van der Waals surface area contributed by atoms with Crippen molar-refractivity contribution in [1.29, 1.82) is 0 Å². The van der Waals surface area contributed by atoms with Gasteiger partial charge in [0.15, 0.2) is 5.15 Å². The lowest BCUT2D eigenvalue weighted by Crippen LogP contribution is -1.93. The number of phenolic OH excluding ortho intramolecular Hbond substituents is 1.